The molecular formula is C9H18N2O. The fraction of sp³-hybridized carbons (Fsp3) is 0.667. The predicted molar refractivity (Wildman–Crippen MR) is 51.0 cm³/mol. The van der Waals surface area contributed by atoms with Crippen molar-refractivity contribution in [1.82, 2.24) is 4.90 Å². The molecule has 70 valence electrons. The van der Waals surface area contributed by atoms with E-state index in [9.17, 15) is 0 Å². The number of carbonyl (C=O) groups is 1. The van der Waals surface area contributed by atoms with Crippen LogP contribution < -0.4 is 5.73 Å². The minimum Gasteiger partial charge on any atom is -0.328 e. The lowest BCUT2D eigenvalue weighted by molar-refractivity contribution is -0.104. The highest BCUT2D eigenvalue weighted by molar-refractivity contribution is 5.63. The highest BCUT2D eigenvalue weighted by Crippen LogP contribution is 2.04. The smallest absolute Gasteiger partial charge is 0.142 e. The Morgan fingerprint density at radius 2 is 1.92 bits per heavy atom. The molecule has 3 nitrogen and oxygen atoms in total. The van der Waals surface area contributed by atoms with Crippen LogP contribution in [0.25, 0.3) is 0 Å². The molecule has 0 amide bonds. The first-order chi connectivity index (χ1) is 5.70. The molecule has 0 aromatic carbocycles. The van der Waals surface area contributed by atoms with Crippen LogP contribution in [0.1, 0.15) is 12.8 Å². The second-order valence-electron chi connectivity index (χ2n) is 3.01. The van der Waals surface area contributed by atoms with Crippen LogP contribution in [0.3, 0.4) is 0 Å². The van der Waals surface area contributed by atoms with E-state index in [2.05, 4.69) is 18.5 Å². The van der Waals surface area contributed by atoms with E-state index >= 15 is 0 Å². The molecule has 0 spiro atoms. The van der Waals surface area contributed by atoms with E-state index < -0.39 is 0 Å². The maximum Gasteiger partial charge on any atom is 0.142 e. The van der Waals surface area contributed by atoms with Crippen molar-refractivity contribution >= 4 is 6.29 Å². The van der Waals surface area contributed by atoms with Crippen molar-refractivity contribution < 1.29 is 4.79 Å². The fourth-order valence-corrected chi connectivity index (χ4v) is 1.03. The number of rotatable bonds is 1. The van der Waals surface area contributed by atoms with Crippen molar-refractivity contribution in [2.24, 2.45) is 5.73 Å². The molecule has 0 atom stereocenters. The van der Waals surface area contributed by atoms with E-state index in [0.29, 0.717) is 12.3 Å². The highest BCUT2D eigenvalue weighted by Gasteiger charge is 2.10. The molecule has 1 aliphatic heterocycles. The topological polar surface area (TPSA) is 46.3 Å². The standard InChI is InChI=1S/C6H14N2.C3H4O/c1-8-4-2-6(7)3-5-8;1-2-3-4/h6H,2-5,7H2,1H3;2-3H,1H2. The third-order valence-electron chi connectivity index (χ3n) is 1.86. The lowest BCUT2D eigenvalue weighted by atomic mass is 10.1. The number of nitrogens with zero attached hydrogens (tertiary/aromatic N) is 1. The van der Waals surface area contributed by atoms with Crippen molar-refractivity contribution in [3.05, 3.63) is 12.7 Å². The molecule has 0 radical (unpaired) electrons. The van der Waals surface area contributed by atoms with E-state index in [-0.39, 0.29) is 0 Å². The molecule has 1 fully saturated rings. The zero-order chi connectivity index (χ0) is 9.40. The molecule has 3 heteroatoms. The number of hydrogen-bond acceptors (Lipinski definition) is 3. The van der Waals surface area contributed by atoms with E-state index in [4.69, 9.17) is 10.5 Å². The average molecular weight is 170 g/mol. The Kier molecular flexibility index (Phi) is 6.61. The van der Waals surface area contributed by atoms with Gasteiger partial charge in [-0.1, -0.05) is 6.58 Å². The number of piperidine rings is 1. The SMILES string of the molecule is C=CC=O.CN1CCC(N)CC1. The van der Waals surface area contributed by atoms with Gasteiger partial charge in [-0.15, -0.1) is 0 Å². The molecule has 1 aliphatic rings. The Bertz CT molecular complexity index is 112. The third kappa shape index (κ3) is 6.07. The molecule has 0 unspecified atom stereocenters. The molecule has 0 aromatic heterocycles. The van der Waals surface area contributed by atoms with Crippen LogP contribution in [0.5, 0.6) is 0 Å². The molecule has 0 bridgehead atoms. The summed E-state index contributed by atoms with van der Waals surface area (Å²) in [6, 6.07) is 0.478. The first-order valence-electron chi connectivity index (χ1n) is 4.21. The van der Waals surface area contributed by atoms with Crippen LogP contribution in [0, 0.1) is 0 Å². The van der Waals surface area contributed by atoms with Gasteiger partial charge in [0.15, 0.2) is 0 Å². The van der Waals surface area contributed by atoms with Crippen LogP contribution in [-0.4, -0.2) is 37.4 Å². The van der Waals surface area contributed by atoms with Gasteiger partial charge in [0.25, 0.3) is 0 Å². The fourth-order valence-electron chi connectivity index (χ4n) is 1.03. The summed E-state index contributed by atoms with van der Waals surface area (Å²) in [5.74, 6) is 0. The normalized spacial score (nSPS) is 19.2. The summed E-state index contributed by atoms with van der Waals surface area (Å²) in [6.45, 7) is 5.47. The van der Waals surface area contributed by atoms with E-state index in [1.807, 2.05) is 0 Å². The van der Waals surface area contributed by atoms with Gasteiger partial charge in [-0.3, -0.25) is 4.79 Å². The zero-order valence-corrected chi connectivity index (χ0v) is 7.70. The van der Waals surface area contributed by atoms with Crippen molar-refractivity contribution in [2.75, 3.05) is 20.1 Å². The Morgan fingerprint density at radius 1 is 1.50 bits per heavy atom. The Hall–Kier alpha value is -0.670. The van der Waals surface area contributed by atoms with Crippen molar-refractivity contribution in [3.8, 4) is 0 Å². The number of carbonyl (C=O) groups excluding carboxylic acids is 1. The first-order valence-corrected chi connectivity index (χ1v) is 4.21. The summed E-state index contributed by atoms with van der Waals surface area (Å²) in [6.07, 6.45) is 4.19. The molecule has 0 aromatic rings. The molecule has 1 rings (SSSR count). The molecule has 1 saturated heterocycles. The predicted octanol–water partition coefficient (Wildman–Crippen LogP) is 0.411. The first kappa shape index (κ1) is 11.3. The molecule has 12 heavy (non-hydrogen) atoms. The van der Waals surface area contributed by atoms with Gasteiger partial charge in [0.05, 0.1) is 0 Å². The van der Waals surface area contributed by atoms with Crippen LogP contribution in [0.4, 0.5) is 0 Å². The van der Waals surface area contributed by atoms with Gasteiger partial charge >= 0.3 is 0 Å². The summed E-state index contributed by atoms with van der Waals surface area (Å²) in [7, 11) is 2.14. The van der Waals surface area contributed by atoms with E-state index in [0.717, 1.165) is 0 Å². The molecule has 0 saturated carbocycles. The van der Waals surface area contributed by atoms with Gasteiger partial charge in [-0.25, -0.2) is 0 Å². The summed E-state index contributed by atoms with van der Waals surface area (Å²) < 4.78 is 0. The summed E-state index contributed by atoms with van der Waals surface area (Å²) in [5.41, 5.74) is 5.67. The van der Waals surface area contributed by atoms with Crippen LogP contribution in [0.15, 0.2) is 12.7 Å². The van der Waals surface area contributed by atoms with Gasteiger partial charge in [0.2, 0.25) is 0 Å². The van der Waals surface area contributed by atoms with Crippen molar-refractivity contribution in [3.63, 3.8) is 0 Å². The second-order valence-corrected chi connectivity index (χ2v) is 3.01. The van der Waals surface area contributed by atoms with E-state index in [1.165, 1.54) is 32.0 Å². The maximum atomic E-state index is 9.06. The minimum atomic E-state index is 0.478. The zero-order valence-electron chi connectivity index (χ0n) is 7.70. The van der Waals surface area contributed by atoms with Crippen LogP contribution >= 0.6 is 0 Å². The molecular weight excluding hydrogens is 152 g/mol. The number of aldehydes is 1. The lowest BCUT2D eigenvalue weighted by Crippen LogP contribution is -2.37. The quantitative estimate of drug-likeness (QED) is 0.458. The monoisotopic (exact) mass is 170 g/mol. The number of likely N-dealkylation sites (tertiary alicyclic amines) is 1. The van der Waals surface area contributed by atoms with Crippen LogP contribution in [-0.2, 0) is 4.79 Å². The lowest BCUT2D eigenvalue weighted by Gasteiger charge is -2.25. The van der Waals surface area contributed by atoms with E-state index in [1.54, 1.807) is 0 Å². The summed E-state index contributed by atoms with van der Waals surface area (Å²) >= 11 is 0. The Labute approximate surface area is 74.2 Å². The van der Waals surface area contributed by atoms with Crippen molar-refractivity contribution in [1.29, 1.82) is 0 Å². The average Bonchev–Trinajstić information content (AvgIpc) is 2.11. The molecule has 0 aliphatic carbocycles. The van der Waals surface area contributed by atoms with Gasteiger partial charge in [0, 0.05) is 6.04 Å². The minimum absolute atomic E-state index is 0.478. The summed E-state index contributed by atoms with van der Waals surface area (Å²) in [5, 5.41) is 0. The van der Waals surface area contributed by atoms with Crippen molar-refractivity contribution in [2.45, 2.75) is 18.9 Å². The number of hydrogen-bond donors (Lipinski definition) is 1. The number of nitrogens with two attached hydrogens (primary N) is 1. The van der Waals surface area contributed by atoms with Gasteiger partial charge in [-0.05, 0) is 39.1 Å². The number of allylic oxidation sites excluding steroid dienone is 1. The largest absolute Gasteiger partial charge is 0.328 e. The molecule has 2 N–H and O–H groups in total. The maximum absolute atomic E-state index is 9.06. The summed E-state index contributed by atoms with van der Waals surface area (Å²) in [4.78, 5) is 11.4. The van der Waals surface area contributed by atoms with Gasteiger partial charge < -0.3 is 10.6 Å². The van der Waals surface area contributed by atoms with Gasteiger partial charge in [0.1, 0.15) is 6.29 Å². The van der Waals surface area contributed by atoms with Gasteiger partial charge in [-0.2, -0.15) is 0 Å². The Morgan fingerprint density at radius 3 is 2.17 bits per heavy atom. The Balaban J connectivity index is 0.000000261. The third-order valence-corrected chi connectivity index (χ3v) is 1.86. The van der Waals surface area contributed by atoms with Crippen LogP contribution in [0.2, 0.25) is 0 Å². The second kappa shape index (κ2) is 7.00. The molecule has 1 heterocycles. The highest BCUT2D eigenvalue weighted by atomic mass is 16.1.